The Morgan fingerprint density at radius 3 is 2.33 bits per heavy atom. The summed E-state index contributed by atoms with van der Waals surface area (Å²) < 4.78 is 1.13. The molecule has 0 spiro atoms. The number of halogens is 1. The summed E-state index contributed by atoms with van der Waals surface area (Å²) in [5.41, 5.74) is 1.38. The Hall–Kier alpha value is -0.380. The van der Waals surface area contributed by atoms with Crippen LogP contribution in [-0.4, -0.2) is 19.1 Å². The molecule has 0 bridgehead atoms. The van der Waals surface area contributed by atoms with E-state index in [-0.39, 0.29) is 5.54 Å². The first-order valence-corrected chi connectivity index (χ1v) is 6.12. The van der Waals surface area contributed by atoms with Gasteiger partial charge in [-0.3, -0.25) is 0 Å². The van der Waals surface area contributed by atoms with E-state index in [1.165, 1.54) is 5.56 Å². The number of hydrogen-bond donors (Lipinski definition) is 2. The zero-order valence-electron chi connectivity index (χ0n) is 9.18. The van der Waals surface area contributed by atoms with Crippen LogP contribution in [-0.2, 0) is 5.54 Å². The third kappa shape index (κ3) is 2.60. The molecule has 1 aliphatic heterocycles. The van der Waals surface area contributed by atoms with Crippen LogP contribution in [0, 0.1) is 0 Å². The van der Waals surface area contributed by atoms with E-state index in [2.05, 4.69) is 64.7 Å². The first kappa shape index (κ1) is 11.1. The predicted octanol–water partition coefficient (Wildman–Crippen LogP) is 2.25. The van der Waals surface area contributed by atoms with E-state index >= 15 is 0 Å². The summed E-state index contributed by atoms with van der Waals surface area (Å²) in [6.07, 6.45) is 0. The summed E-state index contributed by atoms with van der Waals surface area (Å²) in [5.74, 6) is 0. The Labute approximate surface area is 99.6 Å². The van der Waals surface area contributed by atoms with Gasteiger partial charge in [0.15, 0.2) is 0 Å². The normalized spacial score (nSPS) is 17.5. The van der Waals surface area contributed by atoms with Gasteiger partial charge in [-0.15, -0.1) is 0 Å². The lowest BCUT2D eigenvalue weighted by atomic mass is 9.92. The van der Waals surface area contributed by atoms with E-state index in [0.29, 0.717) is 6.04 Å². The number of rotatable bonds is 3. The molecule has 1 fully saturated rings. The maximum atomic E-state index is 3.65. The van der Waals surface area contributed by atoms with Gasteiger partial charge >= 0.3 is 0 Å². The molecule has 2 nitrogen and oxygen atoms in total. The number of nitrogens with one attached hydrogen (secondary N) is 2. The zero-order valence-corrected chi connectivity index (χ0v) is 10.8. The third-order valence-corrected chi connectivity index (χ3v) is 3.44. The van der Waals surface area contributed by atoms with Gasteiger partial charge in [-0.2, -0.15) is 0 Å². The summed E-state index contributed by atoms with van der Waals surface area (Å²) >= 11 is 3.46. The average molecular weight is 269 g/mol. The SMILES string of the molecule is CC(C)(NC1CNC1)c1ccc(Br)cc1. The van der Waals surface area contributed by atoms with Gasteiger partial charge in [0.05, 0.1) is 0 Å². The highest BCUT2D eigenvalue weighted by molar-refractivity contribution is 9.10. The largest absolute Gasteiger partial charge is 0.314 e. The van der Waals surface area contributed by atoms with Crippen LogP contribution in [0.25, 0.3) is 0 Å². The van der Waals surface area contributed by atoms with Gasteiger partial charge in [-0.25, -0.2) is 0 Å². The number of benzene rings is 1. The lowest BCUT2D eigenvalue weighted by Gasteiger charge is -2.37. The van der Waals surface area contributed by atoms with Gasteiger partial charge in [0, 0.05) is 29.1 Å². The molecule has 1 aromatic carbocycles. The molecule has 1 aliphatic rings. The molecule has 2 N–H and O–H groups in total. The van der Waals surface area contributed by atoms with Crippen molar-refractivity contribution in [1.29, 1.82) is 0 Å². The molecule has 0 saturated carbocycles. The maximum absolute atomic E-state index is 3.65. The molecule has 0 aromatic heterocycles. The molecule has 1 aromatic rings. The molecule has 1 saturated heterocycles. The molecule has 0 unspecified atom stereocenters. The van der Waals surface area contributed by atoms with Crippen LogP contribution in [0.5, 0.6) is 0 Å². The van der Waals surface area contributed by atoms with E-state index in [9.17, 15) is 0 Å². The average Bonchev–Trinajstić information content (AvgIpc) is 2.13. The Morgan fingerprint density at radius 2 is 1.87 bits per heavy atom. The fraction of sp³-hybridized carbons (Fsp3) is 0.500. The van der Waals surface area contributed by atoms with Crippen molar-refractivity contribution in [2.24, 2.45) is 0 Å². The number of hydrogen-bond acceptors (Lipinski definition) is 2. The fourth-order valence-corrected chi connectivity index (χ4v) is 2.12. The summed E-state index contributed by atoms with van der Waals surface area (Å²) in [7, 11) is 0. The summed E-state index contributed by atoms with van der Waals surface area (Å²) in [6, 6.07) is 9.14. The van der Waals surface area contributed by atoms with Crippen LogP contribution in [0.2, 0.25) is 0 Å². The van der Waals surface area contributed by atoms with E-state index in [1.807, 2.05) is 0 Å². The second-order valence-corrected chi connectivity index (χ2v) is 5.55. The Kier molecular flexibility index (Phi) is 3.14. The smallest absolute Gasteiger partial charge is 0.0380 e. The summed E-state index contributed by atoms with van der Waals surface area (Å²) in [4.78, 5) is 0. The van der Waals surface area contributed by atoms with E-state index in [0.717, 1.165) is 17.6 Å². The van der Waals surface area contributed by atoms with E-state index in [1.54, 1.807) is 0 Å². The Morgan fingerprint density at radius 1 is 1.27 bits per heavy atom. The van der Waals surface area contributed by atoms with Gasteiger partial charge < -0.3 is 10.6 Å². The van der Waals surface area contributed by atoms with Crippen molar-refractivity contribution in [3.8, 4) is 0 Å². The highest BCUT2D eigenvalue weighted by Crippen LogP contribution is 2.23. The minimum Gasteiger partial charge on any atom is -0.314 e. The molecule has 0 aliphatic carbocycles. The Balaban J connectivity index is 2.09. The highest BCUT2D eigenvalue weighted by Gasteiger charge is 2.26. The minimum atomic E-state index is 0.0491. The van der Waals surface area contributed by atoms with Crippen LogP contribution in [0.1, 0.15) is 19.4 Å². The van der Waals surface area contributed by atoms with Crippen molar-refractivity contribution in [2.75, 3.05) is 13.1 Å². The van der Waals surface area contributed by atoms with Crippen LogP contribution in [0.15, 0.2) is 28.7 Å². The fourth-order valence-electron chi connectivity index (χ4n) is 1.85. The van der Waals surface area contributed by atoms with Crippen LogP contribution >= 0.6 is 15.9 Å². The van der Waals surface area contributed by atoms with Crippen molar-refractivity contribution in [3.63, 3.8) is 0 Å². The van der Waals surface area contributed by atoms with Gasteiger partial charge in [0.2, 0.25) is 0 Å². The summed E-state index contributed by atoms with van der Waals surface area (Å²) in [5, 5.41) is 6.93. The van der Waals surface area contributed by atoms with Crippen molar-refractivity contribution in [2.45, 2.75) is 25.4 Å². The molecule has 2 rings (SSSR count). The second-order valence-electron chi connectivity index (χ2n) is 4.63. The lowest BCUT2D eigenvalue weighted by molar-refractivity contribution is 0.274. The molecule has 0 amide bonds. The van der Waals surface area contributed by atoms with Gasteiger partial charge in [0.1, 0.15) is 0 Å². The molecule has 0 radical (unpaired) electrons. The van der Waals surface area contributed by atoms with Gasteiger partial charge in [-0.1, -0.05) is 28.1 Å². The van der Waals surface area contributed by atoms with E-state index in [4.69, 9.17) is 0 Å². The first-order chi connectivity index (χ1) is 7.08. The van der Waals surface area contributed by atoms with Crippen LogP contribution in [0.3, 0.4) is 0 Å². The summed E-state index contributed by atoms with van der Waals surface area (Å²) in [6.45, 7) is 6.63. The molecule has 1 heterocycles. The zero-order chi connectivity index (χ0) is 10.9. The van der Waals surface area contributed by atoms with Crippen LogP contribution < -0.4 is 10.6 Å². The quantitative estimate of drug-likeness (QED) is 0.879. The lowest BCUT2D eigenvalue weighted by Crippen LogP contribution is -2.59. The van der Waals surface area contributed by atoms with Crippen LogP contribution in [0.4, 0.5) is 0 Å². The molecule has 15 heavy (non-hydrogen) atoms. The molecular weight excluding hydrogens is 252 g/mol. The van der Waals surface area contributed by atoms with Crippen molar-refractivity contribution in [3.05, 3.63) is 34.3 Å². The second kappa shape index (κ2) is 4.24. The van der Waals surface area contributed by atoms with Crippen molar-refractivity contribution >= 4 is 15.9 Å². The predicted molar refractivity (Wildman–Crippen MR) is 67.0 cm³/mol. The standard InChI is InChI=1S/C12H17BrN2/c1-12(2,15-11-7-14-8-11)9-3-5-10(13)6-4-9/h3-6,11,14-15H,7-8H2,1-2H3. The topological polar surface area (TPSA) is 24.1 Å². The highest BCUT2D eigenvalue weighted by atomic mass is 79.9. The molecular formula is C12H17BrN2. The van der Waals surface area contributed by atoms with Crippen molar-refractivity contribution in [1.82, 2.24) is 10.6 Å². The maximum Gasteiger partial charge on any atom is 0.0380 e. The first-order valence-electron chi connectivity index (χ1n) is 5.32. The monoisotopic (exact) mass is 268 g/mol. The van der Waals surface area contributed by atoms with Gasteiger partial charge in [0.25, 0.3) is 0 Å². The van der Waals surface area contributed by atoms with Gasteiger partial charge in [-0.05, 0) is 31.5 Å². The molecule has 3 heteroatoms. The third-order valence-electron chi connectivity index (χ3n) is 2.91. The van der Waals surface area contributed by atoms with Crippen molar-refractivity contribution < 1.29 is 0 Å². The van der Waals surface area contributed by atoms with E-state index < -0.39 is 0 Å². The molecule has 0 atom stereocenters. The minimum absolute atomic E-state index is 0.0491. The Bertz CT molecular complexity index is 328. The molecule has 82 valence electrons.